The van der Waals surface area contributed by atoms with Crippen LogP contribution in [0.2, 0.25) is 15.1 Å². The van der Waals surface area contributed by atoms with Gasteiger partial charge < -0.3 is 65.3 Å². The summed E-state index contributed by atoms with van der Waals surface area (Å²) < 4.78 is 16.8. The van der Waals surface area contributed by atoms with Gasteiger partial charge in [-0.05, 0) is 85.5 Å². The van der Waals surface area contributed by atoms with E-state index in [0.29, 0.717) is 46.4 Å². The SMILES string of the molecule is COCCc1ccc(Cl)c(CN(C(=O)[C@H]2CNCC[C@@H]2c2ccc(OCCOc3c(Cl)cc(C)cc3Cl)nc2)C2CC2)c1.O=C(O)[C@@H](O)[C@H](O)C(=O)O.O=C(O)[C@@H](O)[C@H](O)C(=O)O. The number of pyridine rings is 1. The first-order valence-electron chi connectivity index (χ1n) is 19.3. The predicted molar refractivity (Wildman–Crippen MR) is 225 cm³/mol. The van der Waals surface area contributed by atoms with Crippen molar-refractivity contribution in [1.82, 2.24) is 15.2 Å². The first-order chi connectivity index (χ1) is 29.8. The van der Waals surface area contributed by atoms with Crippen molar-refractivity contribution < 1.29 is 79.0 Å². The quantitative estimate of drug-likeness (QED) is 0.0781. The van der Waals surface area contributed by atoms with Crippen LogP contribution in [0.25, 0.3) is 0 Å². The molecule has 3 aromatic rings. The van der Waals surface area contributed by atoms with Gasteiger partial charge in [0.05, 0.1) is 22.6 Å². The summed E-state index contributed by atoms with van der Waals surface area (Å²) in [7, 11) is 1.70. The van der Waals surface area contributed by atoms with Crippen molar-refractivity contribution in [3.8, 4) is 11.6 Å². The molecule has 1 saturated carbocycles. The number of amides is 1. The van der Waals surface area contributed by atoms with E-state index in [1.165, 1.54) is 0 Å². The summed E-state index contributed by atoms with van der Waals surface area (Å²) >= 11 is 19.1. The van der Waals surface area contributed by atoms with E-state index < -0.39 is 48.3 Å². The zero-order valence-electron chi connectivity index (χ0n) is 34.1. The van der Waals surface area contributed by atoms with Crippen LogP contribution >= 0.6 is 34.8 Å². The molecule has 9 N–H and O–H groups in total. The lowest BCUT2D eigenvalue weighted by molar-refractivity contribution is -0.165. The van der Waals surface area contributed by atoms with Gasteiger partial charge in [-0.25, -0.2) is 24.2 Å². The number of aliphatic hydroxyl groups excluding tert-OH is 4. The first-order valence-corrected chi connectivity index (χ1v) is 20.5. The van der Waals surface area contributed by atoms with Crippen molar-refractivity contribution in [2.24, 2.45) is 5.92 Å². The van der Waals surface area contributed by atoms with Crippen molar-refractivity contribution in [1.29, 1.82) is 0 Å². The molecule has 0 unspecified atom stereocenters. The van der Waals surface area contributed by atoms with Gasteiger partial charge in [0.25, 0.3) is 0 Å². The van der Waals surface area contributed by atoms with Crippen molar-refractivity contribution >= 4 is 64.6 Å². The molecule has 63 heavy (non-hydrogen) atoms. The lowest BCUT2D eigenvalue weighted by Gasteiger charge is -2.35. The summed E-state index contributed by atoms with van der Waals surface area (Å²) in [6, 6.07) is 13.8. The summed E-state index contributed by atoms with van der Waals surface area (Å²) in [4.78, 5) is 59.8. The van der Waals surface area contributed by atoms with Crippen LogP contribution in [0.3, 0.4) is 0 Å². The minimum absolute atomic E-state index is 0.0641. The monoisotopic (exact) mass is 945 g/mol. The smallest absolute Gasteiger partial charge is 0.335 e. The summed E-state index contributed by atoms with van der Waals surface area (Å²) in [6.45, 7) is 5.12. The number of aliphatic carboxylic acids is 4. The number of piperidine rings is 1. The molecule has 19 nitrogen and oxygen atoms in total. The van der Waals surface area contributed by atoms with Crippen LogP contribution in [0.5, 0.6) is 11.6 Å². The van der Waals surface area contributed by atoms with Gasteiger partial charge in [-0.3, -0.25) is 4.79 Å². The van der Waals surface area contributed by atoms with Crippen LogP contribution in [-0.2, 0) is 41.7 Å². The molecule has 1 saturated heterocycles. The lowest BCUT2D eigenvalue weighted by atomic mass is 9.81. The van der Waals surface area contributed by atoms with Crippen LogP contribution in [0.4, 0.5) is 0 Å². The zero-order chi connectivity index (χ0) is 47.0. The molecule has 2 aliphatic rings. The normalized spacial score (nSPS) is 17.5. The molecule has 6 atom stereocenters. The number of carbonyl (C=O) groups is 5. The Labute approximate surface area is 376 Å². The maximum Gasteiger partial charge on any atom is 0.335 e. The van der Waals surface area contributed by atoms with E-state index in [-0.39, 0.29) is 37.0 Å². The molecule has 5 rings (SSSR count). The van der Waals surface area contributed by atoms with E-state index in [2.05, 4.69) is 16.4 Å². The van der Waals surface area contributed by atoms with Gasteiger partial charge in [0.2, 0.25) is 11.8 Å². The number of ether oxygens (including phenoxy) is 3. The fraction of sp³-hybridized carbons (Fsp3) is 0.463. The highest BCUT2D eigenvalue weighted by Gasteiger charge is 2.40. The van der Waals surface area contributed by atoms with Crippen molar-refractivity contribution in [2.75, 3.05) is 40.0 Å². The number of carboxylic acid groups (broad SMARTS) is 4. The molecule has 2 fully saturated rings. The highest BCUT2D eigenvalue weighted by Crippen LogP contribution is 2.37. The van der Waals surface area contributed by atoms with Crippen LogP contribution in [-0.4, -0.2) is 151 Å². The zero-order valence-corrected chi connectivity index (χ0v) is 36.4. The highest BCUT2D eigenvalue weighted by molar-refractivity contribution is 6.37. The number of aromatic nitrogens is 1. The number of nitrogens with zero attached hydrogens (tertiary/aromatic N) is 2. The van der Waals surface area contributed by atoms with Crippen LogP contribution < -0.4 is 14.8 Å². The standard InChI is InChI=1S/C33H38Cl3N3O4.2C4H6O6/c1-21-15-29(35)32(30(36)16-21)43-14-13-42-31-8-4-23(18-38-31)26-9-11-37-19-27(26)33(40)39(25-5-6-25)20-24-17-22(10-12-41-2)3-7-28(24)34;2*5-1(3(7)8)2(6)4(9)10/h3-4,7-8,15-18,25-27,37H,5-6,9-14,19-20H2,1-2H3;2*1-2,5-6H,(H,7,8)(H,9,10)/t26-,27+;2*1-,2-/m100/s1. The number of hydrogen-bond donors (Lipinski definition) is 9. The van der Waals surface area contributed by atoms with Crippen molar-refractivity contribution in [2.45, 2.75) is 75.5 Å². The minimum atomic E-state index is -2.27. The average Bonchev–Trinajstić information content (AvgIpc) is 4.10. The van der Waals surface area contributed by atoms with Gasteiger partial charge >= 0.3 is 23.9 Å². The third-order valence-corrected chi connectivity index (χ3v) is 10.6. The number of rotatable bonds is 19. The molecular formula is C41H50Cl3N3O16. The fourth-order valence-corrected chi connectivity index (χ4v) is 7.05. The Morgan fingerprint density at radius 1 is 0.762 bits per heavy atom. The summed E-state index contributed by atoms with van der Waals surface area (Å²) in [5.74, 6) is -6.08. The van der Waals surface area contributed by atoms with Gasteiger partial charge in [0.1, 0.15) is 13.2 Å². The average molecular weight is 947 g/mol. The largest absolute Gasteiger partial charge is 0.487 e. The van der Waals surface area contributed by atoms with E-state index in [0.717, 1.165) is 54.5 Å². The molecule has 346 valence electrons. The first kappa shape index (κ1) is 52.5. The molecule has 2 aromatic carbocycles. The summed E-state index contributed by atoms with van der Waals surface area (Å²) in [6.07, 6.45) is -3.52. The number of carbonyl (C=O) groups excluding carboxylic acids is 1. The number of aryl methyl sites for hydroxylation is 1. The second-order valence-electron chi connectivity index (χ2n) is 14.4. The maximum absolute atomic E-state index is 14.1. The molecule has 1 aliphatic heterocycles. The molecule has 1 amide bonds. The molecule has 0 bridgehead atoms. The molecular weight excluding hydrogens is 897 g/mol. The molecule has 2 heterocycles. The molecule has 1 aromatic heterocycles. The molecule has 0 radical (unpaired) electrons. The van der Waals surface area contributed by atoms with Gasteiger partial charge in [0, 0.05) is 43.5 Å². The van der Waals surface area contributed by atoms with Gasteiger partial charge in [-0.15, -0.1) is 0 Å². The Balaban J connectivity index is 0.000000437. The number of aliphatic hydroxyl groups is 4. The summed E-state index contributed by atoms with van der Waals surface area (Å²) in [5, 5.41) is 70.1. The molecule has 1 aliphatic carbocycles. The van der Waals surface area contributed by atoms with Crippen LogP contribution in [0.15, 0.2) is 48.7 Å². The topological polar surface area (TPSA) is 303 Å². The third kappa shape index (κ3) is 16.3. The maximum atomic E-state index is 14.1. The number of carboxylic acids is 4. The van der Waals surface area contributed by atoms with E-state index in [1.54, 1.807) is 7.11 Å². The fourth-order valence-electron chi connectivity index (χ4n) is 6.16. The highest BCUT2D eigenvalue weighted by atomic mass is 35.5. The second kappa shape index (κ2) is 25.5. The van der Waals surface area contributed by atoms with Crippen molar-refractivity contribution in [3.63, 3.8) is 0 Å². The van der Waals surface area contributed by atoms with E-state index >= 15 is 0 Å². The van der Waals surface area contributed by atoms with Crippen LogP contribution in [0.1, 0.15) is 47.4 Å². The Morgan fingerprint density at radius 3 is 1.81 bits per heavy atom. The predicted octanol–water partition coefficient (Wildman–Crippen LogP) is 2.64. The van der Waals surface area contributed by atoms with Gasteiger partial charge in [0.15, 0.2) is 30.2 Å². The third-order valence-electron chi connectivity index (χ3n) is 9.64. The Kier molecular flexibility index (Phi) is 21.2. The van der Waals surface area contributed by atoms with Crippen LogP contribution in [0, 0.1) is 12.8 Å². The van der Waals surface area contributed by atoms with E-state index in [1.807, 2.05) is 54.4 Å². The van der Waals surface area contributed by atoms with Gasteiger partial charge in [-0.1, -0.05) is 53.0 Å². The van der Waals surface area contributed by atoms with Gasteiger partial charge in [-0.2, -0.15) is 0 Å². The summed E-state index contributed by atoms with van der Waals surface area (Å²) in [5.41, 5.74) is 4.14. The minimum Gasteiger partial charge on any atom is -0.487 e. The number of halogens is 3. The molecule has 22 heteroatoms. The van der Waals surface area contributed by atoms with E-state index in [4.69, 9.17) is 89.9 Å². The Morgan fingerprint density at radius 2 is 1.32 bits per heavy atom. The Hall–Kier alpha value is -4.83. The second-order valence-corrected chi connectivity index (χ2v) is 15.6. The van der Waals surface area contributed by atoms with Crippen molar-refractivity contribution in [3.05, 3.63) is 86.0 Å². The Bertz CT molecular complexity index is 1930. The molecule has 0 spiro atoms. The number of nitrogens with one attached hydrogen (secondary N) is 1. The number of hydrogen-bond acceptors (Lipinski definition) is 14. The number of methoxy groups -OCH3 is 1. The lowest BCUT2D eigenvalue weighted by Crippen LogP contribution is -2.47. The number of benzene rings is 2. The van der Waals surface area contributed by atoms with E-state index in [9.17, 15) is 24.0 Å².